The molecule has 13 heavy (non-hydrogen) atoms. The topological polar surface area (TPSA) is 12.0 Å². The lowest BCUT2D eigenvalue weighted by Gasteiger charge is -2.29. The van der Waals surface area contributed by atoms with Gasteiger partial charge in [-0.05, 0) is 25.3 Å². The molecule has 1 heteroatoms. The summed E-state index contributed by atoms with van der Waals surface area (Å²) in [6.45, 7) is 2.27. The second kappa shape index (κ2) is 3.93. The van der Waals surface area contributed by atoms with Gasteiger partial charge in [-0.3, -0.25) is 0 Å². The summed E-state index contributed by atoms with van der Waals surface area (Å²) in [4.78, 5) is 0. The fourth-order valence-electron chi connectivity index (χ4n) is 2.09. The zero-order valence-corrected chi connectivity index (χ0v) is 8.16. The van der Waals surface area contributed by atoms with Crippen molar-refractivity contribution in [2.45, 2.75) is 38.3 Å². The molecule has 0 saturated carbocycles. The van der Waals surface area contributed by atoms with E-state index in [0.717, 1.165) is 0 Å². The van der Waals surface area contributed by atoms with Crippen molar-refractivity contribution in [2.24, 2.45) is 0 Å². The standard InChI is InChI=1S/C12H17N/c1-10-6-5-9-12(13-10)11-7-3-2-4-8-11/h2-4,7-8,10,12-13H,5-6,9H2,1H3. The normalized spacial score (nSPS) is 28.7. The minimum Gasteiger partial charge on any atom is -0.307 e. The first-order valence-corrected chi connectivity index (χ1v) is 5.17. The summed E-state index contributed by atoms with van der Waals surface area (Å²) in [6, 6.07) is 12.0. The first-order chi connectivity index (χ1) is 6.36. The fourth-order valence-corrected chi connectivity index (χ4v) is 2.09. The molecule has 2 rings (SSSR count). The van der Waals surface area contributed by atoms with Crippen LogP contribution in [0.25, 0.3) is 0 Å². The van der Waals surface area contributed by atoms with Crippen LogP contribution in [0.4, 0.5) is 0 Å². The SMILES string of the molecule is CC1CCCC(c2ccccc2)N1. The number of rotatable bonds is 1. The van der Waals surface area contributed by atoms with E-state index in [-0.39, 0.29) is 0 Å². The molecule has 1 N–H and O–H groups in total. The number of nitrogens with one attached hydrogen (secondary N) is 1. The summed E-state index contributed by atoms with van der Waals surface area (Å²) in [5.74, 6) is 0. The van der Waals surface area contributed by atoms with Gasteiger partial charge in [0.15, 0.2) is 0 Å². The maximum Gasteiger partial charge on any atom is 0.0322 e. The van der Waals surface area contributed by atoms with Crippen molar-refractivity contribution in [2.75, 3.05) is 0 Å². The van der Waals surface area contributed by atoms with Crippen LogP contribution < -0.4 is 5.32 Å². The lowest BCUT2D eigenvalue weighted by Crippen LogP contribution is -2.34. The summed E-state index contributed by atoms with van der Waals surface area (Å²) < 4.78 is 0. The first-order valence-electron chi connectivity index (χ1n) is 5.17. The van der Waals surface area contributed by atoms with Gasteiger partial charge in [0.1, 0.15) is 0 Å². The van der Waals surface area contributed by atoms with Crippen molar-refractivity contribution < 1.29 is 0 Å². The van der Waals surface area contributed by atoms with E-state index in [1.807, 2.05) is 0 Å². The third-order valence-electron chi connectivity index (χ3n) is 2.82. The summed E-state index contributed by atoms with van der Waals surface area (Å²) in [5, 5.41) is 3.63. The monoisotopic (exact) mass is 175 g/mol. The molecule has 1 aliphatic rings. The van der Waals surface area contributed by atoms with E-state index in [9.17, 15) is 0 Å². The zero-order chi connectivity index (χ0) is 9.10. The summed E-state index contributed by atoms with van der Waals surface area (Å²) in [7, 11) is 0. The molecule has 0 bridgehead atoms. The molecule has 70 valence electrons. The maximum atomic E-state index is 3.63. The Morgan fingerprint density at radius 3 is 2.62 bits per heavy atom. The molecule has 0 radical (unpaired) electrons. The molecule has 1 aromatic rings. The molecule has 0 aromatic heterocycles. The molecule has 2 atom stereocenters. The third-order valence-corrected chi connectivity index (χ3v) is 2.82. The van der Waals surface area contributed by atoms with Gasteiger partial charge in [0.05, 0.1) is 0 Å². The van der Waals surface area contributed by atoms with Gasteiger partial charge in [0.2, 0.25) is 0 Å². The van der Waals surface area contributed by atoms with Crippen molar-refractivity contribution in [3.05, 3.63) is 35.9 Å². The predicted molar refractivity (Wildman–Crippen MR) is 55.6 cm³/mol. The molecule has 1 aliphatic heterocycles. The predicted octanol–water partition coefficient (Wildman–Crippen LogP) is 2.89. The van der Waals surface area contributed by atoms with Gasteiger partial charge in [-0.1, -0.05) is 36.8 Å². The van der Waals surface area contributed by atoms with E-state index in [0.29, 0.717) is 12.1 Å². The highest BCUT2D eigenvalue weighted by Gasteiger charge is 2.18. The Balaban J connectivity index is 2.08. The van der Waals surface area contributed by atoms with Crippen LogP contribution >= 0.6 is 0 Å². The first kappa shape index (κ1) is 8.76. The minimum absolute atomic E-state index is 0.588. The molecule has 1 fully saturated rings. The lowest BCUT2D eigenvalue weighted by molar-refractivity contribution is 0.341. The molecule has 1 saturated heterocycles. The third kappa shape index (κ3) is 2.10. The maximum absolute atomic E-state index is 3.63. The van der Waals surface area contributed by atoms with E-state index in [4.69, 9.17) is 0 Å². The molecular weight excluding hydrogens is 158 g/mol. The average Bonchev–Trinajstić information content (AvgIpc) is 2.19. The molecule has 0 amide bonds. The van der Waals surface area contributed by atoms with Crippen LogP contribution in [0.5, 0.6) is 0 Å². The molecule has 2 unspecified atom stereocenters. The largest absolute Gasteiger partial charge is 0.307 e. The van der Waals surface area contributed by atoms with Crippen molar-refractivity contribution in [1.82, 2.24) is 5.32 Å². The smallest absolute Gasteiger partial charge is 0.0322 e. The van der Waals surface area contributed by atoms with Crippen molar-refractivity contribution in [3.63, 3.8) is 0 Å². The quantitative estimate of drug-likeness (QED) is 0.692. The Hall–Kier alpha value is -0.820. The highest BCUT2D eigenvalue weighted by Crippen LogP contribution is 2.24. The summed E-state index contributed by atoms with van der Waals surface area (Å²) in [6.07, 6.45) is 3.96. The fraction of sp³-hybridized carbons (Fsp3) is 0.500. The summed E-state index contributed by atoms with van der Waals surface area (Å²) >= 11 is 0. The van der Waals surface area contributed by atoms with Gasteiger partial charge in [-0.25, -0.2) is 0 Å². The van der Waals surface area contributed by atoms with Crippen LogP contribution in [-0.2, 0) is 0 Å². The number of benzene rings is 1. The van der Waals surface area contributed by atoms with Crippen LogP contribution in [0.15, 0.2) is 30.3 Å². The van der Waals surface area contributed by atoms with Gasteiger partial charge >= 0.3 is 0 Å². The lowest BCUT2D eigenvalue weighted by atomic mass is 9.94. The van der Waals surface area contributed by atoms with Crippen LogP contribution in [0.3, 0.4) is 0 Å². The van der Waals surface area contributed by atoms with Gasteiger partial charge in [0.25, 0.3) is 0 Å². The second-order valence-electron chi connectivity index (χ2n) is 3.96. The van der Waals surface area contributed by atoms with Crippen LogP contribution in [0, 0.1) is 0 Å². The van der Waals surface area contributed by atoms with Crippen molar-refractivity contribution in [1.29, 1.82) is 0 Å². The molecule has 1 nitrogen and oxygen atoms in total. The van der Waals surface area contributed by atoms with E-state index in [1.54, 1.807) is 0 Å². The number of hydrogen-bond acceptors (Lipinski definition) is 1. The minimum atomic E-state index is 0.588. The molecule has 0 spiro atoms. The van der Waals surface area contributed by atoms with Crippen molar-refractivity contribution >= 4 is 0 Å². The molecular formula is C12H17N. The highest BCUT2D eigenvalue weighted by molar-refractivity contribution is 5.19. The average molecular weight is 175 g/mol. The van der Waals surface area contributed by atoms with E-state index < -0.39 is 0 Å². The highest BCUT2D eigenvalue weighted by atomic mass is 15.0. The Morgan fingerprint density at radius 1 is 1.15 bits per heavy atom. The molecule has 1 aromatic carbocycles. The van der Waals surface area contributed by atoms with Crippen LogP contribution in [0.2, 0.25) is 0 Å². The van der Waals surface area contributed by atoms with Crippen LogP contribution in [-0.4, -0.2) is 6.04 Å². The zero-order valence-electron chi connectivity index (χ0n) is 8.16. The Labute approximate surface area is 80.2 Å². The van der Waals surface area contributed by atoms with Crippen molar-refractivity contribution in [3.8, 4) is 0 Å². The van der Waals surface area contributed by atoms with Gasteiger partial charge in [0, 0.05) is 12.1 Å². The van der Waals surface area contributed by atoms with Gasteiger partial charge in [-0.15, -0.1) is 0 Å². The van der Waals surface area contributed by atoms with Gasteiger partial charge < -0.3 is 5.32 Å². The van der Waals surface area contributed by atoms with E-state index in [2.05, 4.69) is 42.6 Å². The molecule has 1 heterocycles. The van der Waals surface area contributed by atoms with E-state index in [1.165, 1.54) is 24.8 Å². The van der Waals surface area contributed by atoms with E-state index >= 15 is 0 Å². The number of hydrogen-bond donors (Lipinski definition) is 1. The Kier molecular flexibility index (Phi) is 2.65. The Bertz CT molecular complexity index is 255. The molecule has 0 aliphatic carbocycles. The number of piperidine rings is 1. The van der Waals surface area contributed by atoms with Gasteiger partial charge in [-0.2, -0.15) is 0 Å². The summed E-state index contributed by atoms with van der Waals surface area (Å²) in [5.41, 5.74) is 1.44. The Morgan fingerprint density at radius 2 is 1.92 bits per heavy atom. The second-order valence-corrected chi connectivity index (χ2v) is 3.96. The van der Waals surface area contributed by atoms with Crippen LogP contribution in [0.1, 0.15) is 37.8 Å².